The van der Waals surface area contributed by atoms with Gasteiger partial charge in [0.2, 0.25) is 11.1 Å². The topological polar surface area (TPSA) is 72.7 Å². The molecule has 0 saturated heterocycles. The van der Waals surface area contributed by atoms with Crippen LogP contribution in [0.2, 0.25) is 0 Å². The van der Waals surface area contributed by atoms with Crippen LogP contribution in [0.4, 0.5) is 5.69 Å². The average molecular weight is 354 g/mol. The van der Waals surface area contributed by atoms with Crippen LogP contribution < -0.4 is 5.32 Å². The van der Waals surface area contributed by atoms with Crippen LogP contribution >= 0.6 is 27.7 Å². The van der Waals surface area contributed by atoms with Gasteiger partial charge >= 0.3 is 0 Å². The van der Waals surface area contributed by atoms with E-state index in [4.69, 9.17) is 0 Å². The number of carbonyl (C=O) groups is 1. The summed E-state index contributed by atoms with van der Waals surface area (Å²) in [5, 5.41) is 15.1. The minimum atomic E-state index is -0.0709. The zero-order chi connectivity index (χ0) is 13.9. The first kappa shape index (κ1) is 13.6. The lowest BCUT2D eigenvalue weighted by atomic mass is 10.3. The standard InChI is InChI=1S/C12H12BrN5OS/c13-8-2-1-3-9(6-8)14-11(19)7-20-12-15-16-17-18(12)10-4-5-10/h1-3,6,10H,4-5,7H2,(H,14,19). The van der Waals surface area contributed by atoms with Crippen molar-refractivity contribution in [1.82, 2.24) is 20.2 Å². The van der Waals surface area contributed by atoms with Gasteiger partial charge in [-0.15, -0.1) is 5.10 Å². The minimum Gasteiger partial charge on any atom is -0.325 e. The van der Waals surface area contributed by atoms with E-state index >= 15 is 0 Å². The minimum absolute atomic E-state index is 0.0709. The van der Waals surface area contributed by atoms with E-state index in [2.05, 4.69) is 36.8 Å². The second kappa shape index (κ2) is 5.92. The molecular weight excluding hydrogens is 342 g/mol. The van der Waals surface area contributed by atoms with Crippen molar-refractivity contribution in [3.05, 3.63) is 28.7 Å². The molecule has 3 rings (SSSR count). The number of nitrogens with zero attached hydrogens (tertiary/aromatic N) is 4. The molecule has 1 aliphatic rings. The highest BCUT2D eigenvalue weighted by Crippen LogP contribution is 2.36. The third-order valence-electron chi connectivity index (χ3n) is 2.80. The van der Waals surface area contributed by atoms with Crippen LogP contribution in [0.3, 0.4) is 0 Å². The Bertz CT molecular complexity index is 628. The summed E-state index contributed by atoms with van der Waals surface area (Å²) in [5.74, 6) is 0.220. The fourth-order valence-electron chi connectivity index (χ4n) is 1.72. The van der Waals surface area contributed by atoms with Gasteiger partial charge in [0.05, 0.1) is 11.8 Å². The van der Waals surface area contributed by atoms with Crippen LogP contribution in [-0.2, 0) is 4.79 Å². The Morgan fingerprint density at radius 2 is 2.35 bits per heavy atom. The van der Waals surface area contributed by atoms with Crippen molar-refractivity contribution in [2.45, 2.75) is 24.0 Å². The van der Waals surface area contributed by atoms with Gasteiger partial charge in [-0.05, 0) is 41.5 Å². The second-order valence-electron chi connectivity index (χ2n) is 4.48. The number of rotatable bonds is 5. The second-order valence-corrected chi connectivity index (χ2v) is 6.34. The molecule has 1 fully saturated rings. The van der Waals surface area contributed by atoms with Crippen molar-refractivity contribution in [3.63, 3.8) is 0 Å². The van der Waals surface area contributed by atoms with Crippen LogP contribution in [0.1, 0.15) is 18.9 Å². The Morgan fingerprint density at radius 3 is 3.10 bits per heavy atom. The van der Waals surface area contributed by atoms with Crippen LogP contribution in [0.5, 0.6) is 0 Å². The molecule has 6 nitrogen and oxygen atoms in total. The Morgan fingerprint density at radius 1 is 1.50 bits per heavy atom. The summed E-state index contributed by atoms with van der Waals surface area (Å²) in [7, 11) is 0. The molecule has 104 valence electrons. The van der Waals surface area contributed by atoms with Gasteiger partial charge < -0.3 is 5.32 Å². The number of benzene rings is 1. The van der Waals surface area contributed by atoms with Crippen LogP contribution in [0.25, 0.3) is 0 Å². The predicted molar refractivity (Wildman–Crippen MR) is 79.6 cm³/mol. The van der Waals surface area contributed by atoms with Crippen LogP contribution in [-0.4, -0.2) is 31.9 Å². The summed E-state index contributed by atoms with van der Waals surface area (Å²) in [4.78, 5) is 11.9. The summed E-state index contributed by atoms with van der Waals surface area (Å²) in [6, 6.07) is 7.91. The van der Waals surface area contributed by atoms with Gasteiger partial charge in [0, 0.05) is 10.2 Å². The Balaban J connectivity index is 1.55. The van der Waals surface area contributed by atoms with Gasteiger partial charge in [-0.25, -0.2) is 4.68 Å². The van der Waals surface area contributed by atoms with Gasteiger partial charge in [-0.3, -0.25) is 4.79 Å². The third-order valence-corrected chi connectivity index (χ3v) is 4.22. The fourth-order valence-corrected chi connectivity index (χ4v) is 2.87. The first-order valence-corrected chi connectivity index (χ1v) is 7.96. The normalized spacial score (nSPS) is 14.2. The maximum atomic E-state index is 11.9. The molecule has 0 aliphatic heterocycles. The molecule has 1 N–H and O–H groups in total. The highest BCUT2D eigenvalue weighted by Gasteiger charge is 2.28. The number of amides is 1. The van der Waals surface area contributed by atoms with Gasteiger partial charge in [0.1, 0.15) is 0 Å². The third kappa shape index (κ3) is 3.37. The number of thioether (sulfide) groups is 1. The van der Waals surface area contributed by atoms with Crippen molar-refractivity contribution in [3.8, 4) is 0 Å². The van der Waals surface area contributed by atoms with Gasteiger partial charge in [-0.1, -0.05) is 33.8 Å². The number of nitrogens with one attached hydrogen (secondary N) is 1. The van der Waals surface area contributed by atoms with E-state index in [0.29, 0.717) is 17.0 Å². The van der Waals surface area contributed by atoms with Gasteiger partial charge in [-0.2, -0.15) is 0 Å². The first-order valence-electron chi connectivity index (χ1n) is 6.18. The monoisotopic (exact) mass is 353 g/mol. The predicted octanol–water partition coefficient (Wildman–Crippen LogP) is 2.50. The number of anilines is 1. The Hall–Kier alpha value is -1.41. The van der Waals surface area contributed by atoms with Crippen LogP contribution in [0, 0.1) is 0 Å². The molecule has 0 spiro atoms. The number of halogens is 1. The zero-order valence-electron chi connectivity index (χ0n) is 10.5. The molecule has 0 radical (unpaired) electrons. The number of hydrogen-bond donors (Lipinski definition) is 1. The van der Waals surface area contributed by atoms with Crippen LogP contribution in [0.15, 0.2) is 33.9 Å². The van der Waals surface area contributed by atoms with Crippen molar-refractivity contribution in [2.75, 3.05) is 11.1 Å². The van der Waals surface area contributed by atoms with E-state index in [1.807, 2.05) is 24.3 Å². The van der Waals surface area contributed by atoms with Crippen molar-refractivity contribution in [1.29, 1.82) is 0 Å². The van der Waals surface area contributed by atoms with E-state index in [1.165, 1.54) is 11.8 Å². The Kier molecular flexibility index (Phi) is 4.02. The smallest absolute Gasteiger partial charge is 0.234 e. The summed E-state index contributed by atoms with van der Waals surface area (Å²) in [6.45, 7) is 0. The molecule has 1 amide bonds. The summed E-state index contributed by atoms with van der Waals surface area (Å²) in [6.07, 6.45) is 2.23. The van der Waals surface area contributed by atoms with E-state index in [0.717, 1.165) is 23.0 Å². The van der Waals surface area contributed by atoms with E-state index in [9.17, 15) is 4.79 Å². The molecule has 0 atom stereocenters. The van der Waals surface area contributed by atoms with E-state index in [-0.39, 0.29) is 5.91 Å². The molecule has 1 aromatic carbocycles. The molecule has 0 bridgehead atoms. The Labute approximate surface area is 128 Å². The summed E-state index contributed by atoms with van der Waals surface area (Å²) < 4.78 is 2.73. The molecule has 1 saturated carbocycles. The van der Waals surface area contributed by atoms with E-state index < -0.39 is 0 Å². The largest absolute Gasteiger partial charge is 0.325 e. The van der Waals surface area contributed by atoms with Gasteiger partial charge in [0.15, 0.2) is 0 Å². The number of carbonyl (C=O) groups excluding carboxylic acids is 1. The number of tetrazole rings is 1. The maximum absolute atomic E-state index is 11.9. The SMILES string of the molecule is O=C(CSc1nnnn1C1CC1)Nc1cccc(Br)c1. The summed E-state index contributed by atoms with van der Waals surface area (Å²) in [5.41, 5.74) is 0.770. The van der Waals surface area contributed by atoms with Gasteiger partial charge in [0.25, 0.3) is 0 Å². The number of hydrogen-bond acceptors (Lipinski definition) is 5. The lowest BCUT2D eigenvalue weighted by Gasteiger charge is -2.05. The molecule has 1 aliphatic carbocycles. The van der Waals surface area contributed by atoms with Crippen molar-refractivity contribution in [2.24, 2.45) is 0 Å². The molecule has 0 unspecified atom stereocenters. The van der Waals surface area contributed by atoms with E-state index in [1.54, 1.807) is 4.68 Å². The molecular formula is C12H12BrN5OS. The van der Waals surface area contributed by atoms with Crippen molar-refractivity contribution < 1.29 is 4.79 Å². The molecule has 1 aromatic heterocycles. The number of aromatic nitrogens is 4. The first-order chi connectivity index (χ1) is 9.72. The molecule has 20 heavy (non-hydrogen) atoms. The molecule has 8 heteroatoms. The highest BCUT2D eigenvalue weighted by atomic mass is 79.9. The van der Waals surface area contributed by atoms with Crippen molar-refractivity contribution >= 4 is 39.3 Å². The summed E-state index contributed by atoms with van der Waals surface area (Å²) >= 11 is 4.73. The lowest BCUT2D eigenvalue weighted by molar-refractivity contribution is -0.113. The maximum Gasteiger partial charge on any atom is 0.234 e. The lowest BCUT2D eigenvalue weighted by Crippen LogP contribution is -2.14. The average Bonchev–Trinajstić information content (AvgIpc) is 3.15. The zero-order valence-corrected chi connectivity index (χ0v) is 12.9. The highest BCUT2D eigenvalue weighted by molar-refractivity contribution is 9.10. The molecule has 2 aromatic rings. The fraction of sp³-hybridized carbons (Fsp3) is 0.333. The molecule has 1 heterocycles. The quantitative estimate of drug-likeness (QED) is 0.836.